The zero-order valence-electron chi connectivity index (χ0n) is 2.51. The van der Waals surface area contributed by atoms with Gasteiger partial charge in [0.25, 0.3) is 0 Å². The minimum atomic E-state index is 0. The van der Waals surface area contributed by atoms with Crippen LogP contribution in [-0.2, 0) is 21.1 Å². The summed E-state index contributed by atoms with van der Waals surface area (Å²) >= 11 is 0. The molecule has 0 aliphatic carbocycles. The van der Waals surface area contributed by atoms with E-state index in [2.05, 4.69) is 0 Å². The van der Waals surface area contributed by atoms with Crippen molar-refractivity contribution in [2.75, 3.05) is 0 Å². The zero-order chi connectivity index (χ0) is 0. The van der Waals surface area contributed by atoms with Crippen molar-refractivity contribution in [3.8, 4) is 0 Å². The van der Waals surface area contributed by atoms with Crippen molar-refractivity contribution in [3.63, 3.8) is 0 Å². The number of hydrogen-bond donors (Lipinski definition) is 0. The molecular formula is H4MoO3Sr. The molecule has 0 aromatic carbocycles. The molecule has 0 saturated heterocycles. The van der Waals surface area contributed by atoms with Gasteiger partial charge in [-0.1, -0.05) is 0 Å². The molecule has 0 unspecified atom stereocenters. The third-order valence-corrected chi connectivity index (χ3v) is 0. The molecule has 0 atom stereocenters. The molecule has 0 aliphatic rings. The largest absolute Gasteiger partial charge is 2.00 e. The predicted octanol–water partition coefficient (Wildman–Crippen LogP) is -1.56. The molecule has 30 valence electrons. The Morgan fingerprint density at radius 1 is 0.800 bits per heavy atom. The Kier molecular flexibility index (Phi) is 451. The van der Waals surface area contributed by atoms with Gasteiger partial charge in [0.2, 0.25) is 0 Å². The first kappa shape index (κ1) is 61.4. The fourth-order valence-corrected chi connectivity index (χ4v) is 0. The summed E-state index contributed by atoms with van der Waals surface area (Å²) in [4.78, 5) is 0. The van der Waals surface area contributed by atoms with E-state index in [0.29, 0.717) is 0 Å². The van der Waals surface area contributed by atoms with Crippen LogP contribution in [0.4, 0.5) is 0 Å². The van der Waals surface area contributed by atoms with Crippen LogP contribution >= 0.6 is 0 Å². The van der Waals surface area contributed by atoms with E-state index < -0.39 is 0 Å². The molecule has 3 nitrogen and oxygen atoms in total. The normalized spacial score (nSPS) is 0. The van der Waals surface area contributed by atoms with Crippen LogP contribution in [0.1, 0.15) is 0 Å². The van der Waals surface area contributed by atoms with E-state index in [4.69, 9.17) is 0 Å². The molecule has 0 radical (unpaired) electrons. The maximum Gasteiger partial charge on any atom is 2.00 e. The first-order valence-electron chi connectivity index (χ1n) is 0. The summed E-state index contributed by atoms with van der Waals surface area (Å²) < 4.78 is 0. The molecule has 0 aromatic rings. The molecule has 0 saturated carbocycles. The van der Waals surface area contributed by atoms with Gasteiger partial charge in [0.05, 0.1) is 0 Å². The van der Waals surface area contributed by atoms with Crippen LogP contribution in [0.25, 0.3) is 0 Å². The quantitative estimate of drug-likeness (QED) is 0.475. The molecule has 0 spiro atoms. The van der Waals surface area contributed by atoms with Crippen molar-refractivity contribution in [3.05, 3.63) is 0 Å². The van der Waals surface area contributed by atoms with E-state index in [-0.39, 0.29) is 83.0 Å². The van der Waals surface area contributed by atoms with E-state index in [0.717, 1.165) is 0 Å². The topological polar surface area (TPSA) is 91.5 Å². The second-order valence-corrected chi connectivity index (χ2v) is 0. The Morgan fingerprint density at radius 3 is 0.800 bits per heavy atom. The molecule has 4 N–H and O–H groups in total. The first-order chi connectivity index (χ1) is 0. The summed E-state index contributed by atoms with van der Waals surface area (Å²) in [5.41, 5.74) is 0. The van der Waals surface area contributed by atoms with Crippen LogP contribution in [-0.4, -0.2) is 61.9 Å². The fraction of sp³-hybridized carbons (Fsp3) is 0. The van der Waals surface area contributed by atoms with Crippen molar-refractivity contribution < 1.29 is 37.5 Å². The summed E-state index contributed by atoms with van der Waals surface area (Å²) in [7, 11) is 0. The summed E-state index contributed by atoms with van der Waals surface area (Å²) in [6.45, 7) is 0. The van der Waals surface area contributed by atoms with Gasteiger partial charge in [-0.15, -0.1) is 0 Å². The third-order valence-electron chi connectivity index (χ3n) is 0. The van der Waals surface area contributed by atoms with Gasteiger partial charge in [0.1, 0.15) is 0 Å². The SMILES string of the molecule is O.[Mo].[OH-].[OH-].[Sr+2]. The average molecular weight is 236 g/mol. The minimum Gasteiger partial charge on any atom is -0.870 e. The van der Waals surface area contributed by atoms with Crippen molar-refractivity contribution in [2.24, 2.45) is 0 Å². The second kappa shape index (κ2) is 36.7. The van der Waals surface area contributed by atoms with Crippen molar-refractivity contribution in [2.45, 2.75) is 0 Å². The molecule has 0 rings (SSSR count). The Bertz CT molecular complexity index is 6.85. The predicted molar refractivity (Wildman–Crippen MR) is 13.2 cm³/mol. The average Bonchev–Trinajstić information content (AvgIpc) is 0. The van der Waals surface area contributed by atoms with Gasteiger partial charge in [-0.2, -0.15) is 0 Å². The van der Waals surface area contributed by atoms with E-state index in [1.54, 1.807) is 0 Å². The summed E-state index contributed by atoms with van der Waals surface area (Å²) in [6, 6.07) is 0. The van der Waals surface area contributed by atoms with Crippen molar-refractivity contribution >= 4 is 45.5 Å². The summed E-state index contributed by atoms with van der Waals surface area (Å²) in [6.07, 6.45) is 0. The molecule has 0 aromatic heterocycles. The second-order valence-electron chi connectivity index (χ2n) is 0. The van der Waals surface area contributed by atoms with E-state index in [1.807, 2.05) is 0 Å². The van der Waals surface area contributed by atoms with Crippen molar-refractivity contribution in [1.29, 1.82) is 0 Å². The fourth-order valence-electron chi connectivity index (χ4n) is 0. The molecule has 0 aliphatic heterocycles. The zero-order valence-corrected chi connectivity index (χ0v) is 7.99. The van der Waals surface area contributed by atoms with Crippen molar-refractivity contribution in [1.82, 2.24) is 0 Å². The monoisotopic (exact) mass is 238 g/mol. The molecular weight excluding hydrogens is 232 g/mol. The van der Waals surface area contributed by atoms with Gasteiger partial charge in [0.15, 0.2) is 0 Å². The molecule has 0 fully saturated rings. The summed E-state index contributed by atoms with van der Waals surface area (Å²) in [5.74, 6) is 0. The third kappa shape index (κ3) is 23.6. The Morgan fingerprint density at radius 2 is 0.800 bits per heavy atom. The van der Waals surface area contributed by atoms with Gasteiger partial charge in [0, 0.05) is 21.1 Å². The van der Waals surface area contributed by atoms with Gasteiger partial charge < -0.3 is 16.4 Å². The summed E-state index contributed by atoms with van der Waals surface area (Å²) in [5, 5.41) is 0. The minimum absolute atomic E-state index is 0. The van der Waals surface area contributed by atoms with E-state index in [9.17, 15) is 0 Å². The molecule has 0 bridgehead atoms. The number of hydrogen-bond acceptors (Lipinski definition) is 2. The molecule has 0 amide bonds. The maximum absolute atomic E-state index is 0. The number of rotatable bonds is 0. The maximum atomic E-state index is 0. The Balaban J connectivity index is 0. The van der Waals surface area contributed by atoms with Crippen LogP contribution in [0.2, 0.25) is 0 Å². The standard InChI is InChI=1S/Mo.3H2O.Sr/h;3*1H2;/q;;;;+2/p-2. The smallest absolute Gasteiger partial charge is 0.870 e. The molecule has 5 heteroatoms. The van der Waals surface area contributed by atoms with E-state index in [1.165, 1.54) is 0 Å². The van der Waals surface area contributed by atoms with Crippen LogP contribution < -0.4 is 0 Å². The van der Waals surface area contributed by atoms with Crippen LogP contribution in [0.15, 0.2) is 0 Å². The Labute approximate surface area is 81.6 Å². The first-order valence-corrected chi connectivity index (χ1v) is 0. The van der Waals surface area contributed by atoms with Gasteiger partial charge in [-0.05, 0) is 0 Å². The van der Waals surface area contributed by atoms with Gasteiger partial charge in [-0.25, -0.2) is 0 Å². The molecule has 0 heterocycles. The van der Waals surface area contributed by atoms with Crippen LogP contribution in [0.3, 0.4) is 0 Å². The van der Waals surface area contributed by atoms with E-state index >= 15 is 0 Å². The Hall–Kier alpha value is 2.05. The van der Waals surface area contributed by atoms with Crippen LogP contribution in [0, 0.1) is 0 Å². The van der Waals surface area contributed by atoms with Crippen LogP contribution in [0.5, 0.6) is 0 Å². The van der Waals surface area contributed by atoms with Gasteiger partial charge in [-0.3, -0.25) is 0 Å². The van der Waals surface area contributed by atoms with Gasteiger partial charge >= 0.3 is 45.5 Å². The molecule has 5 heavy (non-hydrogen) atoms.